The van der Waals surface area contributed by atoms with Gasteiger partial charge in [-0.15, -0.1) is 0 Å². The minimum atomic E-state index is -0.725. The fourth-order valence-corrected chi connectivity index (χ4v) is 2.68. The van der Waals surface area contributed by atoms with Gasteiger partial charge in [-0.25, -0.2) is 0 Å². The number of hydrogen-bond acceptors (Lipinski definition) is 5. The summed E-state index contributed by atoms with van der Waals surface area (Å²) in [5.74, 6) is 0.441. The lowest BCUT2D eigenvalue weighted by Crippen LogP contribution is -2.39. The summed E-state index contributed by atoms with van der Waals surface area (Å²) in [6.45, 7) is 2.95. The van der Waals surface area contributed by atoms with Gasteiger partial charge in [0.25, 0.3) is 0 Å². The van der Waals surface area contributed by atoms with E-state index >= 15 is 0 Å². The molecule has 1 aromatic carbocycles. The molecular formula is C15H23NO3S. The van der Waals surface area contributed by atoms with E-state index in [-0.39, 0.29) is 12.4 Å². The van der Waals surface area contributed by atoms with Crippen LogP contribution in [0, 0.1) is 0 Å². The Hall–Kier alpha value is -1.04. The van der Waals surface area contributed by atoms with E-state index in [4.69, 9.17) is 4.74 Å². The van der Waals surface area contributed by atoms with E-state index in [0.717, 1.165) is 11.1 Å². The van der Waals surface area contributed by atoms with Crippen LogP contribution in [0.4, 0.5) is 0 Å². The number of carbonyl (C=O) groups is 1. The van der Waals surface area contributed by atoms with Crippen molar-refractivity contribution in [3.8, 4) is 0 Å². The van der Waals surface area contributed by atoms with E-state index in [1.165, 1.54) is 7.11 Å². The number of esters is 1. The van der Waals surface area contributed by atoms with Crippen molar-refractivity contribution in [2.75, 3.05) is 25.7 Å². The average molecular weight is 297 g/mol. The highest BCUT2D eigenvalue weighted by Crippen LogP contribution is 2.12. The van der Waals surface area contributed by atoms with E-state index in [1.54, 1.807) is 11.8 Å². The van der Waals surface area contributed by atoms with Crippen molar-refractivity contribution in [1.82, 2.24) is 5.32 Å². The Morgan fingerprint density at radius 3 is 2.65 bits per heavy atom. The second kappa shape index (κ2) is 8.29. The summed E-state index contributed by atoms with van der Waals surface area (Å²) in [5.41, 5.74) is 1.28. The fourth-order valence-electron chi connectivity index (χ4n) is 1.96. The van der Waals surface area contributed by atoms with Crippen molar-refractivity contribution in [1.29, 1.82) is 0 Å². The minimum Gasteiger partial charge on any atom is -0.469 e. The molecule has 1 aromatic rings. The van der Waals surface area contributed by atoms with Gasteiger partial charge in [-0.3, -0.25) is 4.79 Å². The molecule has 0 heterocycles. The van der Waals surface area contributed by atoms with Gasteiger partial charge in [0.05, 0.1) is 19.1 Å². The first-order valence-corrected chi connectivity index (χ1v) is 7.93. The first-order chi connectivity index (χ1) is 9.48. The monoisotopic (exact) mass is 297 g/mol. The summed E-state index contributed by atoms with van der Waals surface area (Å²) in [7, 11) is 1.39. The molecule has 0 radical (unpaired) electrons. The summed E-state index contributed by atoms with van der Waals surface area (Å²) in [6, 6.07) is 7.76. The third-order valence-corrected chi connectivity index (χ3v) is 3.87. The zero-order valence-corrected chi connectivity index (χ0v) is 13.1. The highest BCUT2D eigenvalue weighted by molar-refractivity contribution is 7.98. The van der Waals surface area contributed by atoms with Crippen LogP contribution in [0.2, 0.25) is 0 Å². The number of benzene rings is 1. The van der Waals surface area contributed by atoms with Crippen molar-refractivity contribution >= 4 is 17.7 Å². The van der Waals surface area contributed by atoms with E-state index in [1.807, 2.05) is 37.4 Å². The Morgan fingerprint density at radius 1 is 1.40 bits per heavy atom. The molecule has 0 saturated carbocycles. The number of hydrogen-bond donors (Lipinski definition) is 2. The summed E-state index contributed by atoms with van der Waals surface area (Å²) >= 11 is 1.62. The molecule has 0 bridgehead atoms. The van der Waals surface area contributed by atoms with Crippen LogP contribution in [0.1, 0.15) is 18.1 Å². The molecular weight excluding hydrogens is 274 g/mol. The van der Waals surface area contributed by atoms with Gasteiger partial charge < -0.3 is 15.2 Å². The van der Waals surface area contributed by atoms with E-state index in [2.05, 4.69) is 5.32 Å². The van der Waals surface area contributed by atoms with Crippen molar-refractivity contribution in [3.63, 3.8) is 0 Å². The lowest BCUT2D eigenvalue weighted by atomic mass is 10.0. The lowest BCUT2D eigenvalue weighted by Gasteiger charge is -2.23. The molecule has 0 saturated heterocycles. The highest BCUT2D eigenvalue weighted by Gasteiger charge is 2.18. The van der Waals surface area contributed by atoms with E-state index in [9.17, 15) is 9.90 Å². The summed E-state index contributed by atoms with van der Waals surface area (Å²) in [6.07, 6.45) is 2.25. The number of aliphatic hydroxyl groups is 1. The zero-order chi connectivity index (χ0) is 15.0. The zero-order valence-electron chi connectivity index (χ0n) is 12.3. The topological polar surface area (TPSA) is 58.6 Å². The van der Waals surface area contributed by atoms with E-state index < -0.39 is 5.60 Å². The number of rotatable bonds is 8. The smallest absolute Gasteiger partial charge is 0.309 e. The largest absolute Gasteiger partial charge is 0.469 e. The Morgan fingerprint density at radius 2 is 2.05 bits per heavy atom. The predicted molar refractivity (Wildman–Crippen MR) is 82.9 cm³/mol. The SMILES string of the molecule is COC(=O)Cc1ccccc1CNCC(C)(O)CSC. The number of ether oxygens (including phenoxy) is 1. The van der Waals surface area contributed by atoms with E-state index in [0.29, 0.717) is 18.8 Å². The molecule has 1 atom stereocenters. The van der Waals surface area contributed by atoms with Gasteiger partial charge in [0.2, 0.25) is 0 Å². The molecule has 0 aliphatic carbocycles. The van der Waals surface area contributed by atoms with Gasteiger partial charge >= 0.3 is 5.97 Å². The molecule has 0 fully saturated rings. The van der Waals surface area contributed by atoms with Crippen LogP contribution in [0.25, 0.3) is 0 Å². The quantitative estimate of drug-likeness (QED) is 0.714. The van der Waals surface area contributed by atoms with Gasteiger partial charge in [0.15, 0.2) is 0 Å². The van der Waals surface area contributed by atoms with Crippen molar-refractivity contribution < 1.29 is 14.6 Å². The first-order valence-electron chi connectivity index (χ1n) is 6.54. The number of thioether (sulfide) groups is 1. The third kappa shape index (κ3) is 5.94. The molecule has 2 N–H and O–H groups in total. The average Bonchev–Trinajstić information content (AvgIpc) is 2.40. The third-order valence-electron chi connectivity index (χ3n) is 2.96. The molecule has 1 rings (SSSR count). The van der Waals surface area contributed by atoms with Crippen LogP contribution in [-0.2, 0) is 22.5 Å². The Kier molecular flexibility index (Phi) is 7.05. The van der Waals surface area contributed by atoms with Gasteiger partial charge in [-0.05, 0) is 24.3 Å². The molecule has 0 aliphatic heterocycles. The highest BCUT2D eigenvalue weighted by atomic mass is 32.2. The van der Waals surface area contributed by atoms with Crippen LogP contribution < -0.4 is 5.32 Å². The van der Waals surface area contributed by atoms with Gasteiger partial charge in [-0.1, -0.05) is 24.3 Å². The molecule has 0 spiro atoms. The second-order valence-electron chi connectivity index (χ2n) is 5.06. The van der Waals surface area contributed by atoms with Crippen molar-refractivity contribution in [2.24, 2.45) is 0 Å². The molecule has 4 nitrogen and oxygen atoms in total. The van der Waals surface area contributed by atoms with Crippen LogP contribution in [0.5, 0.6) is 0 Å². The van der Waals surface area contributed by atoms with Crippen molar-refractivity contribution in [3.05, 3.63) is 35.4 Å². The summed E-state index contributed by atoms with van der Waals surface area (Å²) in [5, 5.41) is 13.3. The summed E-state index contributed by atoms with van der Waals surface area (Å²) in [4.78, 5) is 11.4. The Bertz CT molecular complexity index is 435. The second-order valence-corrected chi connectivity index (χ2v) is 5.92. The van der Waals surface area contributed by atoms with Crippen molar-refractivity contribution in [2.45, 2.75) is 25.5 Å². The molecule has 1 unspecified atom stereocenters. The Balaban J connectivity index is 2.57. The predicted octanol–water partition coefficient (Wildman–Crippen LogP) is 1.61. The minimum absolute atomic E-state index is 0.244. The number of nitrogens with one attached hydrogen (secondary N) is 1. The maximum Gasteiger partial charge on any atom is 0.309 e. The molecule has 0 aliphatic rings. The molecule has 0 aromatic heterocycles. The van der Waals surface area contributed by atoms with Crippen LogP contribution >= 0.6 is 11.8 Å². The molecule has 0 amide bonds. The maximum absolute atomic E-state index is 11.4. The van der Waals surface area contributed by atoms with Crippen LogP contribution in [-0.4, -0.2) is 42.3 Å². The maximum atomic E-state index is 11.4. The molecule has 5 heteroatoms. The Labute approximate surface area is 124 Å². The molecule has 112 valence electrons. The molecule has 20 heavy (non-hydrogen) atoms. The fraction of sp³-hybridized carbons (Fsp3) is 0.533. The van der Waals surface area contributed by atoms with Crippen LogP contribution in [0.3, 0.4) is 0 Å². The van der Waals surface area contributed by atoms with Gasteiger partial charge in [0.1, 0.15) is 0 Å². The normalized spacial score (nSPS) is 13.8. The summed E-state index contributed by atoms with van der Waals surface area (Å²) < 4.78 is 4.70. The lowest BCUT2D eigenvalue weighted by molar-refractivity contribution is -0.139. The number of methoxy groups -OCH3 is 1. The van der Waals surface area contributed by atoms with Gasteiger partial charge in [-0.2, -0.15) is 11.8 Å². The van der Waals surface area contributed by atoms with Gasteiger partial charge in [0, 0.05) is 18.8 Å². The standard InChI is InChI=1S/C15H23NO3S/c1-15(18,11-20-3)10-16-9-13-7-5-4-6-12(13)8-14(17)19-2/h4-7,16,18H,8-11H2,1-3H3. The van der Waals surface area contributed by atoms with Crippen LogP contribution in [0.15, 0.2) is 24.3 Å². The first kappa shape index (κ1) is 17.0. The number of carbonyl (C=O) groups excluding carboxylic acids is 1.